The summed E-state index contributed by atoms with van der Waals surface area (Å²) in [5.74, 6) is -0.203. The molecule has 1 aromatic carbocycles. The molecule has 1 aliphatic rings. The first-order valence-electron chi connectivity index (χ1n) is 4.97. The zero-order valence-corrected chi connectivity index (χ0v) is 9.53. The van der Waals surface area contributed by atoms with E-state index in [2.05, 4.69) is 0 Å². The van der Waals surface area contributed by atoms with E-state index in [9.17, 15) is 15.0 Å². The minimum Gasteiger partial charge on any atom is -0.506 e. The first kappa shape index (κ1) is 11.2. The van der Waals surface area contributed by atoms with Gasteiger partial charge in [-0.1, -0.05) is 17.7 Å². The standard InChI is InChI=1S/C11H12ClNO3/c1-6-2-3-8(10(12)11(6)16)13-5-7(14)4-9(13)15/h2-3,7,14,16H,4-5H2,1H3. The minimum absolute atomic E-state index is 0.0200. The molecule has 0 bridgehead atoms. The largest absolute Gasteiger partial charge is 0.506 e. The number of aromatic hydroxyl groups is 1. The fraction of sp³-hybridized carbons (Fsp3) is 0.364. The molecule has 2 N–H and O–H groups in total. The number of phenolic OH excluding ortho intramolecular Hbond substituents is 1. The fourth-order valence-corrected chi connectivity index (χ4v) is 2.09. The Morgan fingerprint density at radius 3 is 2.75 bits per heavy atom. The summed E-state index contributed by atoms with van der Waals surface area (Å²) in [5, 5.41) is 19.2. The summed E-state index contributed by atoms with van der Waals surface area (Å²) in [5.41, 5.74) is 1.10. The van der Waals surface area contributed by atoms with E-state index < -0.39 is 6.10 Å². The van der Waals surface area contributed by atoms with E-state index in [4.69, 9.17) is 11.6 Å². The predicted molar refractivity (Wildman–Crippen MR) is 60.8 cm³/mol. The number of phenols is 1. The van der Waals surface area contributed by atoms with Crippen molar-refractivity contribution in [2.45, 2.75) is 19.4 Å². The van der Waals surface area contributed by atoms with E-state index in [1.54, 1.807) is 19.1 Å². The number of anilines is 1. The van der Waals surface area contributed by atoms with Gasteiger partial charge >= 0.3 is 0 Å². The molecule has 0 saturated carbocycles. The molecule has 86 valence electrons. The smallest absolute Gasteiger partial charge is 0.229 e. The molecule has 1 unspecified atom stereocenters. The summed E-state index contributed by atoms with van der Waals surface area (Å²) in [6.07, 6.45) is -0.558. The van der Waals surface area contributed by atoms with Crippen molar-refractivity contribution in [3.8, 4) is 5.75 Å². The lowest BCUT2D eigenvalue weighted by molar-refractivity contribution is -0.117. The highest BCUT2D eigenvalue weighted by atomic mass is 35.5. The summed E-state index contributed by atoms with van der Waals surface area (Å²) in [7, 11) is 0. The van der Waals surface area contributed by atoms with Crippen molar-refractivity contribution >= 4 is 23.2 Å². The van der Waals surface area contributed by atoms with Gasteiger partial charge in [-0.25, -0.2) is 0 Å². The van der Waals surface area contributed by atoms with E-state index in [-0.39, 0.29) is 29.6 Å². The zero-order valence-electron chi connectivity index (χ0n) is 8.77. The van der Waals surface area contributed by atoms with Crippen molar-refractivity contribution in [1.29, 1.82) is 0 Å². The molecule has 1 fully saturated rings. The lowest BCUT2D eigenvalue weighted by Gasteiger charge is -2.18. The number of aliphatic hydroxyl groups excluding tert-OH is 1. The molecule has 1 aliphatic heterocycles. The number of aryl methyl sites for hydroxylation is 1. The van der Waals surface area contributed by atoms with Gasteiger partial charge in [-0.15, -0.1) is 0 Å². The van der Waals surface area contributed by atoms with Crippen LogP contribution >= 0.6 is 11.6 Å². The molecular formula is C11H12ClNO3. The van der Waals surface area contributed by atoms with Crippen LogP contribution in [-0.2, 0) is 4.79 Å². The first-order valence-corrected chi connectivity index (χ1v) is 5.35. The first-order chi connectivity index (χ1) is 7.50. The number of carbonyl (C=O) groups excluding carboxylic acids is 1. The van der Waals surface area contributed by atoms with Gasteiger partial charge in [-0.3, -0.25) is 4.79 Å². The molecule has 1 atom stereocenters. The molecule has 1 amide bonds. The van der Waals surface area contributed by atoms with Crippen LogP contribution < -0.4 is 4.90 Å². The summed E-state index contributed by atoms with van der Waals surface area (Å²) in [6.45, 7) is 1.95. The average Bonchev–Trinajstić information content (AvgIpc) is 2.55. The average molecular weight is 242 g/mol. The topological polar surface area (TPSA) is 60.8 Å². The van der Waals surface area contributed by atoms with Gasteiger partial charge < -0.3 is 15.1 Å². The van der Waals surface area contributed by atoms with Gasteiger partial charge in [0.15, 0.2) is 0 Å². The number of rotatable bonds is 1. The molecule has 5 heteroatoms. The summed E-state index contributed by atoms with van der Waals surface area (Å²) < 4.78 is 0. The minimum atomic E-state index is -0.660. The lowest BCUT2D eigenvalue weighted by atomic mass is 10.2. The third-order valence-electron chi connectivity index (χ3n) is 2.69. The number of β-amino-alcohol motifs (C(OH)–C–C–N with tert-alkyl or cyclic N) is 1. The summed E-state index contributed by atoms with van der Waals surface area (Å²) in [4.78, 5) is 13.0. The number of hydrogen-bond acceptors (Lipinski definition) is 3. The maximum atomic E-state index is 11.6. The van der Waals surface area contributed by atoms with Crippen LogP contribution in [0.15, 0.2) is 12.1 Å². The number of amides is 1. The van der Waals surface area contributed by atoms with Crippen LogP contribution in [0.5, 0.6) is 5.75 Å². The Morgan fingerprint density at radius 2 is 2.19 bits per heavy atom. The SMILES string of the molecule is Cc1ccc(N2CC(O)CC2=O)c(Cl)c1O. The van der Waals surface area contributed by atoms with E-state index in [1.807, 2.05) is 0 Å². The molecule has 0 aromatic heterocycles. The normalized spacial score (nSPS) is 20.6. The van der Waals surface area contributed by atoms with Crippen LogP contribution in [0, 0.1) is 6.92 Å². The Morgan fingerprint density at radius 1 is 1.50 bits per heavy atom. The maximum absolute atomic E-state index is 11.6. The maximum Gasteiger partial charge on any atom is 0.229 e. The Labute approximate surface area is 98.1 Å². The van der Waals surface area contributed by atoms with Gasteiger partial charge in [0.25, 0.3) is 0 Å². The second kappa shape index (κ2) is 3.96. The van der Waals surface area contributed by atoms with Crippen LogP contribution in [0.1, 0.15) is 12.0 Å². The van der Waals surface area contributed by atoms with Crippen LogP contribution in [0.4, 0.5) is 5.69 Å². The van der Waals surface area contributed by atoms with Crippen LogP contribution in [-0.4, -0.2) is 28.8 Å². The van der Waals surface area contributed by atoms with Gasteiger partial charge in [-0.2, -0.15) is 0 Å². The van der Waals surface area contributed by atoms with Crippen LogP contribution in [0.2, 0.25) is 5.02 Å². The molecule has 0 aliphatic carbocycles. The van der Waals surface area contributed by atoms with Crippen LogP contribution in [0.25, 0.3) is 0 Å². The van der Waals surface area contributed by atoms with Gasteiger partial charge in [0, 0.05) is 0 Å². The molecule has 2 rings (SSSR count). The van der Waals surface area contributed by atoms with Crippen molar-refractivity contribution in [3.05, 3.63) is 22.7 Å². The molecule has 0 radical (unpaired) electrons. The second-order valence-corrected chi connectivity index (χ2v) is 4.30. The predicted octanol–water partition coefficient (Wildman–Crippen LogP) is 1.45. The second-order valence-electron chi connectivity index (χ2n) is 3.93. The summed E-state index contributed by atoms with van der Waals surface area (Å²) >= 11 is 5.97. The monoisotopic (exact) mass is 241 g/mol. The lowest BCUT2D eigenvalue weighted by Crippen LogP contribution is -2.25. The van der Waals surface area contributed by atoms with Crippen molar-refractivity contribution in [2.24, 2.45) is 0 Å². The fourth-order valence-electron chi connectivity index (χ4n) is 1.78. The molecule has 1 aromatic rings. The van der Waals surface area contributed by atoms with E-state index in [0.29, 0.717) is 11.3 Å². The van der Waals surface area contributed by atoms with Gasteiger partial charge in [0.1, 0.15) is 10.8 Å². The van der Waals surface area contributed by atoms with Crippen LogP contribution in [0.3, 0.4) is 0 Å². The number of aliphatic hydroxyl groups is 1. The highest BCUT2D eigenvalue weighted by Crippen LogP contribution is 2.37. The Balaban J connectivity index is 2.42. The molecule has 1 heterocycles. The molecule has 0 spiro atoms. The van der Waals surface area contributed by atoms with Gasteiger partial charge in [0.2, 0.25) is 5.91 Å². The Hall–Kier alpha value is -1.26. The molecular weight excluding hydrogens is 230 g/mol. The van der Waals surface area contributed by atoms with E-state index >= 15 is 0 Å². The molecule has 1 saturated heterocycles. The summed E-state index contributed by atoms with van der Waals surface area (Å²) in [6, 6.07) is 3.36. The zero-order chi connectivity index (χ0) is 11.9. The highest BCUT2D eigenvalue weighted by Gasteiger charge is 2.30. The third kappa shape index (κ3) is 1.74. The third-order valence-corrected chi connectivity index (χ3v) is 3.07. The highest BCUT2D eigenvalue weighted by molar-refractivity contribution is 6.35. The number of halogens is 1. The van der Waals surface area contributed by atoms with Crippen molar-refractivity contribution < 1.29 is 15.0 Å². The van der Waals surface area contributed by atoms with E-state index in [1.165, 1.54) is 4.90 Å². The van der Waals surface area contributed by atoms with Gasteiger partial charge in [-0.05, 0) is 18.6 Å². The van der Waals surface area contributed by atoms with Gasteiger partial charge in [0.05, 0.1) is 24.8 Å². The van der Waals surface area contributed by atoms with Crippen molar-refractivity contribution in [2.75, 3.05) is 11.4 Å². The van der Waals surface area contributed by atoms with E-state index in [0.717, 1.165) is 0 Å². The number of nitrogens with zero attached hydrogens (tertiary/aromatic N) is 1. The number of hydrogen-bond donors (Lipinski definition) is 2. The number of benzene rings is 1. The number of carbonyl (C=O) groups is 1. The molecule has 4 nitrogen and oxygen atoms in total. The quantitative estimate of drug-likeness (QED) is 0.782. The van der Waals surface area contributed by atoms with Crippen molar-refractivity contribution in [3.63, 3.8) is 0 Å². The van der Waals surface area contributed by atoms with Crippen molar-refractivity contribution in [1.82, 2.24) is 0 Å². The Kier molecular flexibility index (Phi) is 2.78. The molecule has 16 heavy (non-hydrogen) atoms. The Bertz CT molecular complexity index is 447.